The number of carbonyl (C=O) groups is 1. The molecule has 0 aliphatic rings. The van der Waals surface area contributed by atoms with Gasteiger partial charge in [-0.15, -0.1) is 11.3 Å². The van der Waals surface area contributed by atoms with Gasteiger partial charge in [-0.25, -0.2) is 4.98 Å². The lowest BCUT2D eigenvalue weighted by atomic mass is 10.1. The molecule has 0 spiro atoms. The fourth-order valence-electron chi connectivity index (χ4n) is 2.00. The molecular weight excluding hydrogens is 328 g/mol. The molecule has 1 aromatic carbocycles. The van der Waals surface area contributed by atoms with E-state index in [0.29, 0.717) is 24.0 Å². The van der Waals surface area contributed by atoms with E-state index in [1.165, 1.54) is 11.3 Å². The van der Waals surface area contributed by atoms with Crippen LogP contribution in [0.5, 0.6) is 5.75 Å². The van der Waals surface area contributed by atoms with Crippen LogP contribution in [0.1, 0.15) is 23.7 Å². The quantitative estimate of drug-likeness (QED) is 0.431. The minimum atomic E-state index is -0.287. The molecule has 0 unspecified atom stereocenters. The molecule has 0 amide bonds. The Kier molecular flexibility index (Phi) is 6.71. The predicted octanol–water partition coefficient (Wildman–Crippen LogP) is 2.16. The fourth-order valence-corrected chi connectivity index (χ4v) is 2.66. The number of hydrogen-bond donors (Lipinski definition) is 2. The maximum Gasteiger partial charge on any atom is 0.311 e. The van der Waals surface area contributed by atoms with Crippen LogP contribution in [0.2, 0.25) is 0 Å². The van der Waals surface area contributed by atoms with Crippen LogP contribution in [0.4, 0.5) is 5.13 Å². The van der Waals surface area contributed by atoms with Gasteiger partial charge in [0.1, 0.15) is 5.75 Å². The zero-order valence-electron chi connectivity index (χ0n) is 13.6. The summed E-state index contributed by atoms with van der Waals surface area (Å²) in [6.07, 6.45) is 1.83. The van der Waals surface area contributed by atoms with Crippen LogP contribution in [0.25, 0.3) is 0 Å². The molecule has 0 atom stereocenters. The van der Waals surface area contributed by atoms with Crippen molar-refractivity contribution < 1.29 is 14.3 Å². The Hall–Kier alpha value is -2.45. The molecule has 0 aliphatic carbocycles. The van der Waals surface area contributed by atoms with E-state index < -0.39 is 0 Å². The number of ether oxygens (including phenoxy) is 2. The Morgan fingerprint density at radius 1 is 1.50 bits per heavy atom. The lowest BCUT2D eigenvalue weighted by Crippen LogP contribution is -2.07. The topological polar surface area (TPSA) is 98.8 Å². The van der Waals surface area contributed by atoms with Crippen LogP contribution < -0.4 is 15.9 Å². The van der Waals surface area contributed by atoms with Gasteiger partial charge in [0.2, 0.25) is 5.13 Å². The minimum Gasteiger partial charge on any atom is -0.496 e. The first-order chi connectivity index (χ1) is 11.7. The third-order valence-electron chi connectivity index (χ3n) is 3.08. The molecule has 0 saturated heterocycles. The SMILES string of the molecule is CCOC(=O)Cc1csc(NN=Cc2ccc(OC)c(CN)c2)n1. The van der Waals surface area contributed by atoms with E-state index in [1.807, 2.05) is 18.2 Å². The Labute approximate surface area is 144 Å². The van der Waals surface area contributed by atoms with Gasteiger partial charge in [-0.3, -0.25) is 10.2 Å². The van der Waals surface area contributed by atoms with Gasteiger partial charge in [0.15, 0.2) is 0 Å². The third-order valence-corrected chi connectivity index (χ3v) is 3.88. The van der Waals surface area contributed by atoms with Gasteiger partial charge >= 0.3 is 5.97 Å². The number of carbonyl (C=O) groups excluding carboxylic acids is 1. The second kappa shape index (κ2) is 8.99. The number of anilines is 1. The first-order valence-corrected chi connectivity index (χ1v) is 8.30. The standard InChI is InChI=1S/C16H20N4O3S/c1-3-23-15(21)7-13-10-24-16(19-13)20-18-9-11-4-5-14(22-2)12(6-11)8-17/h4-6,9-10H,3,7-8,17H2,1-2H3,(H,19,20). The molecule has 0 bridgehead atoms. The predicted molar refractivity (Wildman–Crippen MR) is 94.6 cm³/mol. The molecule has 1 aromatic heterocycles. The van der Waals surface area contributed by atoms with E-state index in [0.717, 1.165) is 16.9 Å². The van der Waals surface area contributed by atoms with E-state index in [-0.39, 0.29) is 12.4 Å². The number of hydrazone groups is 1. The second-order valence-corrected chi connectivity index (χ2v) is 5.63. The van der Waals surface area contributed by atoms with Gasteiger partial charge in [0, 0.05) is 17.5 Å². The van der Waals surface area contributed by atoms with Crippen LogP contribution in [0.3, 0.4) is 0 Å². The van der Waals surface area contributed by atoms with Gasteiger partial charge in [0.05, 0.1) is 32.0 Å². The summed E-state index contributed by atoms with van der Waals surface area (Å²) < 4.78 is 10.1. The Balaban J connectivity index is 1.94. The number of nitrogens with two attached hydrogens (primary N) is 1. The molecule has 2 rings (SSSR count). The average Bonchev–Trinajstić information content (AvgIpc) is 3.02. The molecule has 0 saturated carbocycles. The molecule has 0 aliphatic heterocycles. The molecule has 0 fully saturated rings. The van der Waals surface area contributed by atoms with Crippen molar-refractivity contribution in [2.75, 3.05) is 19.1 Å². The normalized spacial score (nSPS) is 10.8. The summed E-state index contributed by atoms with van der Waals surface area (Å²) in [4.78, 5) is 15.7. The van der Waals surface area contributed by atoms with Gasteiger partial charge in [-0.1, -0.05) is 0 Å². The van der Waals surface area contributed by atoms with Crippen molar-refractivity contribution in [3.63, 3.8) is 0 Å². The van der Waals surface area contributed by atoms with Crippen molar-refractivity contribution >= 4 is 28.7 Å². The lowest BCUT2D eigenvalue weighted by molar-refractivity contribution is -0.142. The van der Waals surface area contributed by atoms with Gasteiger partial charge < -0.3 is 15.2 Å². The van der Waals surface area contributed by atoms with E-state index >= 15 is 0 Å². The number of thiazole rings is 1. The first kappa shape index (κ1) is 17.9. The van der Waals surface area contributed by atoms with Crippen molar-refractivity contribution in [3.8, 4) is 5.75 Å². The summed E-state index contributed by atoms with van der Waals surface area (Å²) in [6.45, 7) is 2.53. The number of rotatable bonds is 8. The van der Waals surface area contributed by atoms with Crippen molar-refractivity contribution in [1.82, 2.24) is 4.98 Å². The highest BCUT2D eigenvalue weighted by molar-refractivity contribution is 7.13. The van der Waals surface area contributed by atoms with Crippen LogP contribution in [-0.2, 0) is 22.5 Å². The number of hydrogen-bond acceptors (Lipinski definition) is 8. The lowest BCUT2D eigenvalue weighted by Gasteiger charge is -2.06. The summed E-state index contributed by atoms with van der Waals surface area (Å²) in [7, 11) is 1.61. The molecule has 0 radical (unpaired) electrons. The van der Waals surface area contributed by atoms with E-state index in [9.17, 15) is 4.79 Å². The van der Waals surface area contributed by atoms with Gasteiger partial charge in [-0.2, -0.15) is 5.10 Å². The number of esters is 1. The fraction of sp³-hybridized carbons (Fsp3) is 0.312. The largest absolute Gasteiger partial charge is 0.496 e. The smallest absolute Gasteiger partial charge is 0.311 e. The maximum atomic E-state index is 11.4. The highest BCUT2D eigenvalue weighted by Gasteiger charge is 2.08. The monoisotopic (exact) mass is 348 g/mol. The number of nitrogens with zero attached hydrogens (tertiary/aromatic N) is 2. The van der Waals surface area contributed by atoms with Crippen molar-refractivity contribution in [2.45, 2.75) is 19.9 Å². The summed E-state index contributed by atoms with van der Waals surface area (Å²) in [5, 5.41) is 6.56. The minimum absolute atomic E-state index is 0.161. The molecule has 128 valence electrons. The van der Waals surface area contributed by atoms with Gasteiger partial charge in [-0.05, 0) is 30.7 Å². The van der Waals surface area contributed by atoms with Crippen LogP contribution >= 0.6 is 11.3 Å². The second-order valence-electron chi connectivity index (χ2n) is 4.77. The highest BCUT2D eigenvalue weighted by Crippen LogP contribution is 2.19. The molecule has 8 heteroatoms. The Bertz CT molecular complexity index is 715. The number of aromatic nitrogens is 1. The molecule has 2 aromatic rings. The number of benzene rings is 1. The van der Waals surface area contributed by atoms with Crippen LogP contribution in [0.15, 0.2) is 28.7 Å². The molecule has 7 nitrogen and oxygen atoms in total. The Morgan fingerprint density at radius 2 is 2.33 bits per heavy atom. The van der Waals surface area contributed by atoms with E-state index in [4.69, 9.17) is 15.2 Å². The van der Waals surface area contributed by atoms with Crippen molar-refractivity contribution in [1.29, 1.82) is 0 Å². The van der Waals surface area contributed by atoms with Crippen molar-refractivity contribution in [3.05, 3.63) is 40.4 Å². The summed E-state index contributed by atoms with van der Waals surface area (Å²) in [6, 6.07) is 5.65. The number of nitrogens with one attached hydrogen (secondary N) is 1. The zero-order valence-corrected chi connectivity index (χ0v) is 14.4. The molecule has 24 heavy (non-hydrogen) atoms. The zero-order chi connectivity index (χ0) is 17.4. The first-order valence-electron chi connectivity index (χ1n) is 7.42. The highest BCUT2D eigenvalue weighted by atomic mass is 32.1. The summed E-state index contributed by atoms with van der Waals surface area (Å²) in [5.41, 5.74) is 11.0. The van der Waals surface area contributed by atoms with Crippen LogP contribution in [0, 0.1) is 0 Å². The summed E-state index contributed by atoms with van der Waals surface area (Å²) >= 11 is 1.37. The summed E-state index contributed by atoms with van der Waals surface area (Å²) in [5.74, 6) is 0.469. The number of methoxy groups -OCH3 is 1. The third kappa shape index (κ3) is 5.04. The van der Waals surface area contributed by atoms with Crippen molar-refractivity contribution in [2.24, 2.45) is 10.8 Å². The molecule has 3 N–H and O–H groups in total. The Morgan fingerprint density at radius 3 is 3.04 bits per heavy atom. The van der Waals surface area contributed by atoms with Gasteiger partial charge in [0.25, 0.3) is 0 Å². The average molecular weight is 348 g/mol. The molecular formula is C16H20N4O3S. The van der Waals surface area contributed by atoms with Crippen LogP contribution in [-0.4, -0.2) is 30.9 Å². The van der Waals surface area contributed by atoms with E-state index in [2.05, 4.69) is 15.5 Å². The maximum absolute atomic E-state index is 11.4. The molecule has 1 heterocycles. The van der Waals surface area contributed by atoms with E-state index in [1.54, 1.807) is 25.6 Å².